The van der Waals surface area contributed by atoms with Crippen LogP contribution in [0.2, 0.25) is 0 Å². The predicted octanol–water partition coefficient (Wildman–Crippen LogP) is 8.76. The first-order valence-electron chi connectivity index (χ1n) is 30.5. The van der Waals surface area contributed by atoms with E-state index < -0.39 is 18.0 Å². The Hall–Kier alpha value is -5.54. The standard InChI is InChI=1S/C64H94N8O10S2/c1-9-26-79-28-29-80-27-25-70(41-64(5,6)84-83-30-13-17-55(73)44(4)69-60(75)49(14-10-22-68-63(65)66)35-56(74)43(3)67-7)52-33-45(39-81-57-36-47-18-20-50-15-11-23-71(50)61(76)53(47)31-42(57)2)32-46(34-52)40-82-59-37-48-19-21-51-16-12-24-72(51)62(77)54(48)38-58(59)78-8/h31-34,36-38,43-44,49-51,67H,9-30,35,39-41H2,1-8H3,(H,69,75)(H4,65,66,68)/t43-,44-,49+,50-,51+/m1/s1. The number of hydrogen-bond donors (Lipinski definition) is 4. The summed E-state index contributed by atoms with van der Waals surface area (Å²) in [5.74, 6) is 1.63. The number of aryl methyl sites for hydroxylation is 3. The topological polar surface area (TPSA) is 230 Å². The van der Waals surface area contributed by atoms with Crippen molar-refractivity contribution in [3.05, 3.63) is 81.4 Å². The summed E-state index contributed by atoms with van der Waals surface area (Å²) in [4.78, 5) is 77.8. The molecule has 4 aliphatic heterocycles. The van der Waals surface area contributed by atoms with Crippen molar-refractivity contribution in [2.45, 2.75) is 174 Å². The minimum Gasteiger partial charge on any atom is -0.493 e. The molecular weight excluding hydrogens is 1100 g/mol. The zero-order valence-electron chi connectivity index (χ0n) is 51.2. The maximum atomic E-state index is 13.8. The molecule has 7 rings (SSSR count). The summed E-state index contributed by atoms with van der Waals surface area (Å²) in [5, 5.41) is 5.83. The van der Waals surface area contributed by atoms with Gasteiger partial charge in [0.2, 0.25) is 5.91 Å². The SMILES string of the molecule is CCCOCCOCCN(CC(C)(C)SSCCCC(=O)[C@@H](C)NC(=O)[C@@H](CCCN=C(N)N)CC(=O)[C@@H](C)NC)c1cc(COc2cc3c(cc2C)C(=O)N2CCC[C@@H]2CC3)cc(COc2cc3c(cc2OC)C(=O)N2CCC[C@H]2CC3)c1. The number of anilines is 1. The number of ketones is 2. The number of benzene rings is 3. The molecule has 0 bridgehead atoms. The molecule has 84 heavy (non-hydrogen) atoms. The monoisotopic (exact) mass is 1200 g/mol. The van der Waals surface area contributed by atoms with E-state index in [1.54, 1.807) is 49.6 Å². The van der Waals surface area contributed by atoms with Crippen molar-refractivity contribution < 1.29 is 47.7 Å². The third-order valence-electron chi connectivity index (χ3n) is 16.5. The normalized spacial score (nSPS) is 17.7. The molecule has 4 heterocycles. The first kappa shape index (κ1) is 66.0. The van der Waals surface area contributed by atoms with Gasteiger partial charge in [-0.2, -0.15) is 0 Å². The molecule has 3 amide bonds. The van der Waals surface area contributed by atoms with Crippen molar-refractivity contribution in [1.29, 1.82) is 0 Å². The van der Waals surface area contributed by atoms with E-state index in [2.05, 4.69) is 70.5 Å². The number of amides is 3. The number of hydrogen-bond acceptors (Lipinski definition) is 15. The minimum absolute atomic E-state index is 0.0308. The van der Waals surface area contributed by atoms with Gasteiger partial charge in [-0.05, 0) is 189 Å². The van der Waals surface area contributed by atoms with Gasteiger partial charge in [-0.25, -0.2) is 0 Å². The molecule has 0 aromatic heterocycles. The minimum atomic E-state index is -0.710. The van der Waals surface area contributed by atoms with E-state index >= 15 is 0 Å². The fourth-order valence-corrected chi connectivity index (χ4v) is 14.4. The van der Waals surface area contributed by atoms with Gasteiger partial charge in [-0.3, -0.25) is 29.0 Å². The number of carbonyl (C=O) groups excluding carboxylic acids is 5. The summed E-state index contributed by atoms with van der Waals surface area (Å²) in [5.41, 5.74) is 18.2. The van der Waals surface area contributed by atoms with Crippen LogP contribution in [0.25, 0.3) is 0 Å². The van der Waals surface area contributed by atoms with Crippen LogP contribution in [0.15, 0.2) is 47.5 Å². The predicted molar refractivity (Wildman–Crippen MR) is 336 cm³/mol. The molecule has 2 saturated heterocycles. The molecule has 3 aromatic carbocycles. The summed E-state index contributed by atoms with van der Waals surface area (Å²) in [6.45, 7) is 17.8. The first-order valence-corrected chi connectivity index (χ1v) is 32.8. The quantitative estimate of drug-likeness (QED) is 0.0187. The Balaban J connectivity index is 1.06. The number of rotatable bonds is 35. The van der Waals surface area contributed by atoms with Crippen molar-refractivity contribution in [3.63, 3.8) is 0 Å². The average Bonchev–Trinajstić information content (AvgIpc) is 3.49. The number of guanidine groups is 1. The molecule has 0 spiro atoms. The van der Waals surface area contributed by atoms with Crippen LogP contribution in [-0.2, 0) is 49.9 Å². The Morgan fingerprint density at radius 2 is 1.40 bits per heavy atom. The lowest BCUT2D eigenvalue weighted by molar-refractivity contribution is -0.132. The highest BCUT2D eigenvalue weighted by Gasteiger charge is 2.36. The number of aliphatic imine (C=N–C) groups is 1. The van der Waals surface area contributed by atoms with Gasteiger partial charge < -0.3 is 60.5 Å². The first-order chi connectivity index (χ1) is 40.4. The summed E-state index contributed by atoms with van der Waals surface area (Å²) in [6, 6.07) is 13.8. The molecule has 3 aromatic rings. The molecule has 0 saturated carbocycles. The Bertz CT molecular complexity index is 2760. The van der Waals surface area contributed by atoms with E-state index in [9.17, 15) is 24.0 Å². The molecule has 20 heteroatoms. The van der Waals surface area contributed by atoms with Gasteiger partial charge >= 0.3 is 0 Å². The zero-order chi connectivity index (χ0) is 60.3. The number of Topliss-reactive ketones (excluding diaryl/α,β-unsaturated/α-hetero) is 2. The maximum Gasteiger partial charge on any atom is 0.254 e. The number of methoxy groups -OCH3 is 1. The second-order valence-corrected chi connectivity index (χ2v) is 26.7. The molecule has 6 N–H and O–H groups in total. The number of nitrogens with zero attached hydrogens (tertiary/aromatic N) is 4. The van der Waals surface area contributed by atoms with Crippen molar-refractivity contribution in [2.75, 3.05) is 84.0 Å². The van der Waals surface area contributed by atoms with Gasteiger partial charge in [0.15, 0.2) is 23.2 Å². The fourth-order valence-electron chi connectivity index (χ4n) is 11.8. The Kier molecular flexibility index (Phi) is 25.4. The van der Waals surface area contributed by atoms with Crippen molar-refractivity contribution in [2.24, 2.45) is 22.4 Å². The van der Waals surface area contributed by atoms with Gasteiger partial charge in [0.05, 0.1) is 39.0 Å². The summed E-state index contributed by atoms with van der Waals surface area (Å²) >= 11 is 0. The molecule has 2 fully saturated rings. The number of likely N-dealkylation sites (N-methyl/N-ethyl adjacent to an activating group) is 1. The Morgan fingerprint density at radius 3 is 2.02 bits per heavy atom. The van der Waals surface area contributed by atoms with Crippen LogP contribution in [0.5, 0.6) is 17.2 Å². The Labute approximate surface area is 506 Å². The second kappa shape index (κ2) is 32.3. The largest absolute Gasteiger partial charge is 0.493 e. The summed E-state index contributed by atoms with van der Waals surface area (Å²) in [7, 11) is 6.81. The smallest absolute Gasteiger partial charge is 0.254 e. The maximum absolute atomic E-state index is 13.8. The third kappa shape index (κ3) is 18.7. The van der Waals surface area contributed by atoms with Gasteiger partial charge in [-0.15, -0.1) is 0 Å². The van der Waals surface area contributed by atoms with Gasteiger partial charge in [0, 0.05) is 97.5 Å². The van der Waals surface area contributed by atoms with E-state index in [1.165, 1.54) is 0 Å². The number of ether oxygens (including phenoxy) is 5. The summed E-state index contributed by atoms with van der Waals surface area (Å²) in [6.07, 6.45) is 10.5. The fraction of sp³-hybridized carbons (Fsp3) is 0.625. The van der Waals surface area contributed by atoms with Gasteiger partial charge in [0.25, 0.3) is 11.8 Å². The van der Waals surface area contributed by atoms with E-state index in [0.29, 0.717) is 101 Å². The van der Waals surface area contributed by atoms with Crippen LogP contribution in [-0.4, -0.2) is 153 Å². The highest BCUT2D eigenvalue weighted by Crippen LogP contribution is 2.40. The van der Waals surface area contributed by atoms with Crippen LogP contribution in [0.4, 0.5) is 5.69 Å². The average molecular weight is 1200 g/mol. The molecule has 5 atom stereocenters. The lowest BCUT2D eigenvalue weighted by Crippen LogP contribution is -2.43. The molecular formula is C64H94N8O10S2. The summed E-state index contributed by atoms with van der Waals surface area (Å²) < 4.78 is 31.0. The third-order valence-corrected chi connectivity index (χ3v) is 19.9. The number of nitrogens with two attached hydrogens (primary N) is 2. The van der Waals surface area contributed by atoms with Crippen molar-refractivity contribution in [3.8, 4) is 17.2 Å². The lowest BCUT2D eigenvalue weighted by Gasteiger charge is -2.34. The number of nitrogens with one attached hydrogen (secondary N) is 2. The molecule has 18 nitrogen and oxygen atoms in total. The van der Waals surface area contributed by atoms with E-state index in [1.807, 2.05) is 30.0 Å². The highest BCUT2D eigenvalue weighted by molar-refractivity contribution is 8.77. The molecule has 0 unspecified atom stereocenters. The van der Waals surface area contributed by atoms with Crippen molar-refractivity contribution >= 4 is 62.5 Å². The molecule has 4 aliphatic rings. The van der Waals surface area contributed by atoms with E-state index in [0.717, 1.165) is 116 Å². The molecule has 462 valence electrons. The van der Waals surface area contributed by atoms with Gasteiger partial charge in [0.1, 0.15) is 24.7 Å². The van der Waals surface area contributed by atoms with E-state index in [4.69, 9.17) is 35.2 Å². The van der Waals surface area contributed by atoms with Crippen LogP contribution in [0, 0.1) is 12.8 Å². The lowest BCUT2D eigenvalue weighted by atomic mass is 9.93. The Morgan fingerprint density at radius 1 is 0.786 bits per heavy atom. The van der Waals surface area contributed by atoms with Crippen LogP contribution in [0.3, 0.4) is 0 Å². The number of fused-ring (bicyclic) bond motifs is 4. The number of carbonyl (C=O) groups is 5. The van der Waals surface area contributed by atoms with E-state index in [-0.39, 0.29) is 65.7 Å². The molecule has 0 aliphatic carbocycles. The van der Waals surface area contributed by atoms with Crippen LogP contribution in [0.1, 0.15) is 160 Å². The highest BCUT2D eigenvalue weighted by atomic mass is 33.1. The second-order valence-electron chi connectivity index (χ2n) is 23.6. The van der Waals surface area contributed by atoms with Gasteiger partial charge in [-0.1, -0.05) is 28.5 Å². The molecule has 0 radical (unpaired) electrons. The van der Waals surface area contributed by atoms with Crippen molar-refractivity contribution in [1.82, 2.24) is 20.4 Å². The van der Waals surface area contributed by atoms with Crippen LogP contribution < -0.4 is 41.2 Å². The van der Waals surface area contributed by atoms with Crippen LogP contribution >= 0.6 is 21.6 Å². The zero-order valence-corrected chi connectivity index (χ0v) is 52.8.